The minimum Gasteiger partial charge on any atom is -0.382 e. The molecule has 0 spiro atoms. The lowest BCUT2D eigenvalue weighted by Gasteiger charge is -2.32. The maximum atomic E-state index is 11.2. The standard InChI is InChI=1S/C12H17N3O3/c1-9-8-14(6-7-18-9)11-5-3-4-10(13-2)12(11)15(16)17/h3-5,9,13H,6-8H2,1-2H3. The second-order valence-corrected chi connectivity index (χ2v) is 4.31. The van der Waals surface area contributed by atoms with Gasteiger partial charge < -0.3 is 15.0 Å². The van der Waals surface area contributed by atoms with Crippen molar-refractivity contribution in [2.24, 2.45) is 0 Å². The Morgan fingerprint density at radius 1 is 1.56 bits per heavy atom. The van der Waals surface area contributed by atoms with Crippen LogP contribution in [0.3, 0.4) is 0 Å². The van der Waals surface area contributed by atoms with Crippen molar-refractivity contribution in [1.82, 2.24) is 0 Å². The van der Waals surface area contributed by atoms with E-state index in [-0.39, 0.29) is 16.7 Å². The number of nitro benzene ring substituents is 1. The van der Waals surface area contributed by atoms with E-state index in [0.29, 0.717) is 31.1 Å². The summed E-state index contributed by atoms with van der Waals surface area (Å²) in [5.41, 5.74) is 1.33. The fourth-order valence-corrected chi connectivity index (χ4v) is 2.22. The van der Waals surface area contributed by atoms with Gasteiger partial charge in [0.15, 0.2) is 0 Å². The molecule has 1 atom stereocenters. The summed E-state index contributed by atoms with van der Waals surface area (Å²) in [5.74, 6) is 0. The molecular formula is C12H17N3O3. The first kappa shape index (κ1) is 12.6. The van der Waals surface area contributed by atoms with E-state index in [0.717, 1.165) is 0 Å². The van der Waals surface area contributed by atoms with Crippen molar-refractivity contribution in [2.45, 2.75) is 13.0 Å². The third-order valence-electron chi connectivity index (χ3n) is 3.05. The van der Waals surface area contributed by atoms with Crippen molar-refractivity contribution in [1.29, 1.82) is 0 Å². The zero-order valence-corrected chi connectivity index (χ0v) is 10.5. The summed E-state index contributed by atoms with van der Waals surface area (Å²) in [5, 5.41) is 14.1. The lowest BCUT2D eigenvalue weighted by molar-refractivity contribution is -0.383. The summed E-state index contributed by atoms with van der Waals surface area (Å²) in [4.78, 5) is 12.9. The smallest absolute Gasteiger partial charge is 0.315 e. The Kier molecular flexibility index (Phi) is 3.66. The largest absolute Gasteiger partial charge is 0.382 e. The highest BCUT2D eigenvalue weighted by Crippen LogP contribution is 2.35. The van der Waals surface area contributed by atoms with Gasteiger partial charge in [-0.15, -0.1) is 0 Å². The van der Waals surface area contributed by atoms with Crippen molar-refractivity contribution >= 4 is 17.1 Å². The first-order valence-electron chi connectivity index (χ1n) is 5.95. The number of hydrogen-bond donors (Lipinski definition) is 1. The molecule has 1 unspecified atom stereocenters. The van der Waals surface area contributed by atoms with E-state index < -0.39 is 0 Å². The highest BCUT2D eigenvalue weighted by molar-refractivity contribution is 5.77. The first-order chi connectivity index (χ1) is 8.63. The van der Waals surface area contributed by atoms with Crippen LogP contribution in [0.2, 0.25) is 0 Å². The minimum atomic E-state index is -0.332. The fraction of sp³-hybridized carbons (Fsp3) is 0.500. The highest BCUT2D eigenvalue weighted by Gasteiger charge is 2.26. The molecule has 1 heterocycles. The van der Waals surface area contributed by atoms with Gasteiger partial charge in [0.25, 0.3) is 0 Å². The average molecular weight is 251 g/mol. The van der Waals surface area contributed by atoms with E-state index in [9.17, 15) is 10.1 Å². The van der Waals surface area contributed by atoms with Crippen molar-refractivity contribution in [3.05, 3.63) is 28.3 Å². The van der Waals surface area contributed by atoms with E-state index >= 15 is 0 Å². The van der Waals surface area contributed by atoms with Crippen molar-refractivity contribution in [3.63, 3.8) is 0 Å². The third-order valence-corrected chi connectivity index (χ3v) is 3.05. The van der Waals surface area contributed by atoms with Gasteiger partial charge in [0, 0.05) is 20.1 Å². The van der Waals surface area contributed by atoms with Gasteiger partial charge in [0.05, 0.1) is 17.6 Å². The molecule has 1 aliphatic rings. The SMILES string of the molecule is CNc1cccc(N2CCOC(C)C2)c1[N+](=O)[O-]. The minimum absolute atomic E-state index is 0.0941. The quantitative estimate of drug-likeness (QED) is 0.656. The molecule has 1 aromatic rings. The summed E-state index contributed by atoms with van der Waals surface area (Å²) >= 11 is 0. The molecule has 0 aromatic heterocycles. The number of ether oxygens (including phenoxy) is 1. The first-order valence-corrected chi connectivity index (χ1v) is 5.95. The molecule has 1 N–H and O–H groups in total. The van der Waals surface area contributed by atoms with Crippen LogP contribution < -0.4 is 10.2 Å². The molecule has 98 valence electrons. The number of benzene rings is 1. The van der Waals surface area contributed by atoms with Crippen LogP contribution in [0.15, 0.2) is 18.2 Å². The van der Waals surface area contributed by atoms with Crippen molar-refractivity contribution in [3.8, 4) is 0 Å². The summed E-state index contributed by atoms with van der Waals surface area (Å²) < 4.78 is 5.46. The van der Waals surface area contributed by atoms with E-state index in [2.05, 4.69) is 5.32 Å². The van der Waals surface area contributed by atoms with Crippen LogP contribution in [-0.4, -0.2) is 37.8 Å². The molecule has 0 bridgehead atoms. The Morgan fingerprint density at radius 3 is 2.94 bits per heavy atom. The van der Waals surface area contributed by atoms with Crippen LogP contribution in [-0.2, 0) is 4.74 Å². The molecule has 1 aliphatic heterocycles. The number of nitrogens with zero attached hydrogens (tertiary/aromatic N) is 2. The zero-order valence-electron chi connectivity index (χ0n) is 10.5. The van der Waals surface area contributed by atoms with Crippen LogP contribution in [0.25, 0.3) is 0 Å². The monoisotopic (exact) mass is 251 g/mol. The number of para-hydroxylation sites is 1. The predicted octanol–water partition coefficient (Wildman–Crippen LogP) is 1.86. The van der Waals surface area contributed by atoms with E-state index in [1.165, 1.54) is 0 Å². The van der Waals surface area contributed by atoms with Crippen LogP contribution >= 0.6 is 0 Å². The van der Waals surface area contributed by atoms with E-state index in [4.69, 9.17) is 4.74 Å². The normalized spacial score (nSPS) is 19.7. The molecule has 6 heteroatoms. The molecule has 18 heavy (non-hydrogen) atoms. The molecule has 0 saturated carbocycles. The summed E-state index contributed by atoms with van der Waals surface area (Å²) in [6, 6.07) is 5.33. The Hall–Kier alpha value is -1.82. The number of anilines is 2. The third kappa shape index (κ3) is 2.38. The molecule has 1 aromatic carbocycles. The van der Waals surface area contributed by atoms with Gasteiger partial charge in [0.2, 0.25) is 0 Å². The van der Waals surface area contributed by atoms with Gasteiger partial charge in [-0.2, -0.15) is 0 Å². The van der Waals surface area contributed by atoms with Crippen molar-refractivity contribution < 1.29 is 9.66 Å². The molecular weight excluding hydrogens is 234 g/mol. The van der Waals surface area contributed by atoms with Crippen molar-refractivity contribution in [2.75, 3.05) is 37.0 Å². The van der Waals surface area contributed by atoms with Gasteiger partial charge in [0.1, 0.15) is 11.4 Å². The second-order valence-electron chi connectivity index (χ2n) is 4.31. The van der Waals surface area contributed by atoms with Gasteiger partial charge >= 0.3 is 5.69 Å². The number of nitro groups is 1. The maximum Gasteiger partial charge on any atom is 0.315 e. The number of hydrogen-bond acceptors (Lipinski definition) is 5. The molecule has 0 radical (unpaired) electrons. The van der Waals surface area contributed by atoms with Gasteiger partial charge in [-0.3, -0.25) is 10.1 Å². The Morgan fingerprint density at radius 2 is 2.33 bits per heavy atom. The van der Waals surface area contributed by atoms with Crippen LogP contribution in [0.5, 0.6) is 0 Å². The van der Waals surface area contributed by atoms with Crippen LogP contribution in [0.1, 0.15) is 6.92 Å². The van der Waals surface area contributed by atoms with Crippen LogP contribution in [0, 0.1) is 10.1 Å². The molecule has 1 saturated heterocycles. The van der Waals surface area contributed by atoms with Gasteiger partial charge in [-0.1, -0.05) is 6.07 Å². The Balaban J connectivity index is 2.40. The second kappa shape index (κ2) is 5.22. The number of rotatable bonds is 3. The lowest BCUT2D eigenvalue weighted by atomic mass is 10.2. The Labute approximate surface area is 106 Å². The number of morpholine rings is 1. The Bertz CT molecular complexity index is 450. The van der Waals surface area contributed by atoms with E-state index in [1.54, 1.807) is 19.2 Å². The van der Waals surface area contributed by atoms with Crippen LogP contribution in [0.4, 0.5) is 17.1 Å². The average Bonchev–Trinajstić information content (AvgIpc) is 2.37. The van der Waals surface area contributed by atoms with Gasteiger partial charge in [-0.05, 0) is 19.1 Å². The lowest BCUT2D eigenvalue weighted by Crippen LogP contribution is -2.41. The highest BCUT2D eigenvalue weighted by atomic mass is 16.6. The summed E-state index contributed by atoms with van der Waals surface area (Å²) in [6.07, 6.45) is 0.0941. The fourth-order valence-electron chi connectivity index (χ4n) is 2.22. The van der Waals surface area contributed by atoms with E-state index in [1.807, 2.05) is 17.9 Å². The molecule has 0 amide bonds. The van der Waals surface area contributed by atoms with Gasteiger partial charge in [-0.25, -0.2) is 0 Å². The molecule has 1 fully saturated rings. The summed E-state index contributed by atoms with van der Waals surface area (Å²) in [7, 11) is 1.69. The molecule has 0 aliphatic carbocycles. The number of nitrogens with one attached hydrogen (secondary N) is 1. The molecule has 2 rings (SSSR count). The zero-order chi connectivity index (χ0) is 13.1. The summed E-state index contributed by atoms with van der Waals surface area (Å²) in [6.45, 7) is 3.92. The predicted molar refractivity (Wildman–Crippen MR) is 70.3 cm³/mol. The molecule has 6 nitrogen and oxygen atoms in total. The topological polar surface area (TPSA) is 67.6 Å². The maximum absolute atomic E-state index is 11.2.